The molecule has 4 heteroatoms. The molecule has 0 spiro atoms. The van der Waals surface area contributed by atoms with Crippen LogP contribution in [0.5, 0.6) is 0 Å². The molecule has 0 radical (unpaired) electrons. The van der Waals surface area contributed by atoms with E-state index in [9.17, 15) is 0 Å². The van der Waals surface area contributed by atoms with E-state index in [-0.39, 0.29) is 0 Å². The maximum atomic E-state index is 6.21. The minimum Gasteiger partial charge on any atom is -0.383 e. The summed E-state index contributed by atoms with van der Waals surface area (Å²) >= 11 is 0. The van der Waals surface area contributed by atoms with Crippen LogP contribution in [0.3, 0.4) is 0 Å². The van der Waals surface area contributed by atoms with Gasteiger partial charge in [-0.15, -0.1) is 0 Å². The predicted molar refractivity (Wildman–Crippen MR) is 77.6 cm³/mol. The van der Waals surface area contributed by atoms with Crippen molar-refractivity contribution in [3.05, 3.63) is 36.2 Å². The first kappa shape index (κ1) is 13.6. The first-order chi connectivity index (χ1) is 9.13. The summed E-state index contributed by atoms with van der Waals surface area (Å²) in [7, 11) is 1.69. The second-order valence-corrected chi connectivity index (χ2v) is 5.11. The molecule has 0 aliphatic rings. The number of hydrogen-bond donors (Lipinski definition) is 1. The second-order valence-electron chi connectivity index (χ2n) is 5.11. The Morgan fingerprint density at radius 1 is 1.32 bits per heavy atom. The number of nitrogens with two attached hydrogens (primary N) is 1. The van der Waals surface area contributed by atoms with E-state index in [0.717, 1.165) is 29.2 Å². The SMILES string of the molecule is COCc1ccccc1-c1ncn(CC(C)C)c1N. The minimum absolute atomic E-state index is 0.540. The van der Waals surface area contributed by atoms with Gasteiger partial charge in [-0.25, -0.2) is 4.98 Å². The van der Waals surface area contributed by atoms with Gasteiger partial charge in [0.2, 0.25) is 0 Å². The summed E-state index contributed by atoms with van der Waals surface area (Å²) in [6.07, 6.45) is 1.81. The molecule has 2 rings (SSSR count). The molecule has 0 saturated carbocycles. The molecule has 0 unspecified atom stereocenters. The van der Waals surface area contributed by atoms with Gasteiger partial charge in [0.05, 0.1) is 12.9 Å². The standard InChI is InChI=1S/C15H21N3O/c1-11(2)8-18-10-17-14(15(18)16)13-7-5-4-6-12(13)9-19-3/h4-7,10-11H,8-9,16H2,1-3H3. The summed E-state index contributed by atoms with van der Waals surface area (Å²) in [6.45, 7) is 5.77. The molecule has 4 nitrogen and oxygen atoms in total. The van der Waals surface area contributed by atoms with Crippen LogP contribution in [0, 0.1) is 5.92 Å². The van der Waals surface area contributed by atoms with E-state index in [1.54, 1.807) is 7.11 Å². The van der Waals surface area contributed by atoms with E-state index in [4.69, 9.17) is 10.5 Å². The maximum absolute atomic E-state index is 6.21. The first-order valence-corrected chi connectivity index (χ1v) is 6.51. The topological polar surface area (TPSA) is 53.1 Å². The van der Waals surface area contributed by atoms with E-state index in [0.29, 0.717) is 12.5 Å². The van der Waals surface area contributed by atoms with Crippen LogP contribution in [0.15, 0.2) is 30.6 Å². The van der Waals surface area contributed by atoms with Crippen LogP contribution in [0.2, 0.25) is 0 Å². The van der Waals surface area contributed by atoms with Gasteiger partial charge in [-0.2, -0.15) is 0 Å². The van der Waals surface area contributed by atoms with Gasteiger partial charge in [-0.1, -0.05) is 38.1 Å². The van der Waals surface area contributed by atoms with Crippen LogP contribution in [0.25, 0.3) is 11.3 Å². The average molecular weight is 259 g/mol. The van der Waals surface area contributed by atoms with Crippen LogP contribution in [0.4, 0.5) is 5.82 Å². The number of rotatable bonds is 5. The number of nitrogen functional groups attached to an aromatic ring is 1. The first-order valence-electron chi connectivity index (χ1n) is 6.51. The number of aromatic nitrogens is 2. The highest BCUT2D eigenvalue weighted by atomic mass is 16.5. The largest absolute Gasteiger partial charge is 0.383 e. The van der Waals surface area contributed by atoms with Gasteiger partial charge in [-0.3, -0.25) is 0 Å². The Kier molecular flexibility index (Phi) is 4.22. The maximum Gasteiger partial charge on any atom is 0.131 e. The third-order valence-corrected chi connectivity index (χ3v) is 3.01. The van der Waals surface area contributed by atoms with Crippen molar-refractivity contribution < 1.29 is 4.74 Å². The van der Waals surface area contributed by atoms with Crippen LogP contribution >= 0.6 is 0 Å². The number of hydrogen-bond acceptors (Lipinski definition) is 3. The van der Waals surface area contributed by atoms with Gasteiger partial charge in [0, 0.05) is 19.2 Å². The minimum atomic E-state index is 0.540. The number of ether oxygens (including phenoxy) is 1. The smallest absolute Gasteiger partial charge is 0.131 e. The van der Waals surface area contributed by atoms with Crippen LogP contribution in [0.1, 0.15) is 19.4 Å². The van der Waals surface area contributed by atoms with Gasteiger partial charge in [0.1, 0.15) is 11.5 Å². The highest BCUT2D eigenvalue weighted by Gasteiger charge is 2.13. The molecular weight excluding hydrogens is 238 g/mol. The molecular formula is C15H21N3O. The molecule has 0 bridgehead atoms. The van der Waals surface area contributed by atoms with Crippen molar-refractivity contribution in [1.82, 2.24) is 9.55 Å². The van der Waals surface area contributed by atoms with Gasteiger partial charge in [0.25, 0.3) is 0 Å². The van der Waals surface area contributed by atoms with E-state index >= 15 is 0 Å². The zero-order valence-electron chi connectivity index (χ0n) is 11.8. The molecule has 1 heterocycles. The average Bonchev–Trinajstić information content (AvgIpc) is 2.72. The molecule has 2 N–H and O–H groups in total. The Bertz CT molecular complexity index is 546. The molecule has 0 saturated heterocycles. The van der Waals surface area contributed by atoms with E-state index < -0.39 is 0 Å². The highest BCUT2D eigenvalue weighted by Crippen LogP contribution is 2.28. The molecule has 0 fully saturated rings. The normalized spacial score (nSPS) is 11.2. The molecule has 0 aliphatic heterocycles. The van der Waals surface area contributed by atoms with Gasteiger partial charge >= 0.3 is 0 Å². The summed E-state index contributed by atoms with van der Waals surface area (Å²) in [6, 6.07) is 8.07. The van der Waals surface area contributed by atoms with Gasteiger partial charge in [-0.05, 0) is 11.5 Å². The summed E-state index contributed by atoms with van der Waals surface area (Å²) < 4.78 is 7.23. The summed E-state index contributed by atoms with van der Waals surface area (Å²) in [5.74, 6) is 1.26. The fourth-order valence-corrected chi connectivity index (χ4v) is 2.17. The Morgan fingerprint density at radius 3 is 2.74 bits per heavy atom. The number of nitrogens with zero attached hydrogens (tertiary/aromatic N) is 2. The van der Waals surface area contributed by atoms with Crippen molar-refractivity contribution in [2.75, 3.05) is 12.8 Å². The molecule has 0 atom stereocenters. The molecule has 2 aromatic rings. The predicted octanol–water partition coefficient (Wildman–Crippen LogP) is 2.93. The number of methoxy groups -OCH3 is 1. The summed E-state index contributed by atoms with van der Waals surface area (Å²) in [5, 5.41) is 0. The monoisotopic (exact) mass is 259 g/mol. The lowest BCUT2D eigenvalue weighted by Crippen LogP contribution is -2.07. The number of imidazole rings is 1. The van der Waals surface area contributed by atoms with E-state index in [1.165, 1.54) is 0 Å². The lowest BCUT2D eigenvalue weighted by molar-refractivity contribution is 0.185. The molecule has 0 amide bonds. The summed E-state index contributed by atoms with van der Waals surface area (Å²) in [4.78, 5) is 4.46. The number of anilines is 1. The van der Waals surface area contributed by atoms with Crippen LogP contribution < -0.4 is 5.73 Å². The van der Waals surface area contributed by atoms with Crippen molar-refractivity contribution in [2.45, 2.75) is 27.0 Å². The third-order valence-electron chi connectivity index (χ3n) is 3.01. The van der Waals surface area contributed by atoms with Crippen molar-refractivity contribution >= 4 is 5.82 Å². The highest BCUT2D eigenvalue weighted by molar-refractivity contribution is 5.73. The lowest BCUT2D eigenvalue weighted by atomic mass is 10.1. The molecule has 19 heavy (non-hydrogen) atoms. The zero-order chi connectivity index (χ0) is 13.8. The lowest BCUT2D eigenvalue weighted by Gasteiger charge is -2.10. The molecule has 1 aromatic carbocycles. The summed E-state index contributed by atoms with van der Waals surface area (Å²) in [5.41, 5.74) is 9.20. The molecule has 0 aliphatic carbocycles. The Morgan fingerprint density at radius 2 is 2.05 bits per heavy atom. The van der Waals surface area contributed by atoms with Crippen molar-refractivity contribution in [1.29, 1.82) is 0 Å². The van der Waals surface area contributed by atoms with Crippen LogP contribution in [-0.2, 0) is 17.9 Å². The quantitative estimate of drug-likeness (QED) is 0.898. The Hall–Kier alpha value is -1.81. The van der Waals surface area contributed by atoms with E-state index in [1.807, 2.05) is 35.2 Å². The Labute approximate surface area is 114 Å². The van der Waals surface area contributed by atoms with Crippen molar-refractivity contribution in [3.8, 4) is 11.3 Å². The fourth-order valence-electron chi connectivity index (χ4n) is 2.17. The molecule has 1 aromatic heterocycles. The van der Waals surface area contributed by atoms with Gasteiger partial charge < -0.3 is 15.0 Å². The third kappa shape index (κ3) is 2.96. The van der Waals surface area contributed by atoms with Crippen molar-refractivity contribution in [2.24, 2.45) is 5.92 Å². The number of benzene rings is 1. The molecule has 102 valence electrons. The van der Waals surface area contributed by atoms with Gasteiger partial charge in [0.15, 0.2) is 0 Å². The Balaban J connectivity index is 2.39. The second kappa shape index (κ2) is 5.89. The zero-order valence-corrected chi connectivity index (χ0v) is 11.8. The fraction of sp³-hybridized carbons (Fsp3) is 0.400. The van der Waals surface area contributed by atoms with Crippen molar-refractivity contribution in [3.63, 3.8) is 0 Å². The van der Waals surface area contributed by atoms with Crippen LogP contribution in [-0.4, -0.2) is 16.7 Å². The van der Waals surface area contributed by atoms with E-state index in [2.05, 4.69) is 18.8 Å².